The smallest absolute Gasteiger partial charge is 0.313 e. The van der Waals surface area contributed by atoms with Crippen molar-refractivity contribution in [3.63, 3.8) is 0 Å². The molecule has 0 bridgehead atoms. The predicted octanol–water partition coefficient (Wildman–Crippen LogP) is 2.10. The van der Waals surface area contributed by atoms with E-state index in [9.17, 15) is 19.4 Å². The number of carboxylic acids is 1. The zero-order valence-corrected chi connectivity index (χ0v) is 13.8. The van der Waals surface area contributed by atoms with E-state index in [0.29, 0.717) is 25.1 Å². The van der Waals surface area contributed by atoms with Gasteiger partial charge in [-0.2, -0.15) is 0 Å². The van der Waals surface area contributed by atoms with Gasteiger partial charge in [-0.25, -0.2) is 4.39 Å². The summed E-state index contributed by atoms with van der Waals surface area (Å²) in [6.45, 7) is 1.41. The van der Waals surface area contributed by atoms with E-state index in [1.165, 1.54) is 12.1 Å². The number of aliphatic carboxylic acids is 1. The number of hydrogen-bond donors (Lipinski definition) is 2. The van der Waals surface area contributed by atoms with Gasteiger partial charge in [0.1, 0.15) is 11.2 Å². The number of aliphatic hydroxyl groups is 1. The summed E-state index contributed by atoms with van der Waals surface area (Å²) >= 11 is 0. The van der Waals surface area contributed by atoms with Gasteiger partial charge in [0, 0.05) is 32.0 Å². The summed E-state index contributed by atoms with van der Waals surface area (Å²) in [6, 6.07) is 9.69. The van der Waals surface area contributed by atoms with Crippen molar-refractivity contribution in [1.82, 2.24) is 9.88 Å². The van der Waals surface area contributed by atoms with Crippen LogP contribution in [0, 0.1) is 11.2 Å². The molecule has 0 radical (unpaired) electrons. The van der Waals surface area contributed by atoms with Crippen LogP contribution in [0.4, 0.5) is 4.39 Å². The number of rotatable bonds is 5. The molecule has 2 heterocycles. The lowest BCUT2D eigenvalue weighted by molar-refractivity contribution is -0.163. The molecule has 1 fully saturated rings. The van der Waals surface area contributed by atoms with E-state index in [1.54, 1.807) is 24.5 Å². The van der Waals surface area contributed by atoms with Crippen molar-refractivity contribution in [2.75, 3.05) is 13.1 Å². The molecule has 3 rings (SSSR count). The van der Waals surface area contributed by atoms with Crippen LogP contribution in [0.15, 0.2) is 48.8 Å². The van der Waals surface area contributed by atoms with Crippen LogP contribution in [-0.2, 0) is 17.8 Å². The molecule has 1 aliphatic heterocycles. The summed E-state index contributed by atoms with van der Waals surface area (Å²) in [6.07, 6.45) is 2.89. The molecule has 0 saturated carbocycles. The molecule has 0 amide bonds. The van der Waals surface area contributed by atoms with E-state index in [0.717, 1.165) is 5.56 Å². The van der Waals surface area contributed by atoms with Gasteiger partial charge < -0.3 is 10.2 Å². The summed E-state index contributed by atoms with van der Waals surface area (Å²) in [5.74, 6) is -1.46. The lowest BCUT2D eigenvalue weighted by Crippen LogP contribution is -2.56. The fourth-order valence-electron chi connectivity index (χ4n) is 3.52. The standard InChI is InChI=1S/C19H21FN2O3/c20-16-3-1-2-15(10-16)11-19(18(24)25)13-22(9-6-17(19)23)12-14-4-7-21-8-5-14/h1-5,7-8,10,17,23H,6,9,11-13H2,(H,24,25)/t17-,19-/m1/s1. The van der Waals surface area contributed by atoms with Gasteiger partial charge in [-0.15, -0.1) is 0 Å². The third-order valence-electron chi connectivity index (χ3n) is 4.85. The van der Waals surface area contributed by atoms with Gasteiger partial charge in [0.05, 0.1) is 6.10 Å². The fourth-order valence-corrected chi connectivity index (χ4v) is 3.52. The van der Waals surface area contributed by atoms with Crippen LogP contribution in [0.1, 0.15) is 17.5 Å². The number of hydrogen-bond acceptors (Lipinski definition) is 4. The Bertz CT molecular complexity index is 740. The number of aliphatic hydroxyl groups excluding tert-OH is 1. The first-order chi connectivity index (χ1) is 12.0. The number of nitrogens with zero attached hydrogens (tertiary/aromatic N) is 2. The van der Waals surface area contributed by atoms with Gasteiger partial charge >= 0.3 is 5.97 Å². The Morgan fingerprint density at radius 2 is 2.04 bits per heavy atom. The first-order valence-electron chi connectivity index (χ1n) is 8.27. The van der Waals surface area contributed by atoms with Crippen molar-refractivity contribution in [2.45, 2.75) is 25.5 Å². The minimum Gasteiger partial charge on any atom is -0.481 e. The minimum atomic E-state index is -1.35. The molecule has 1 saturated heterocycles. The van der Waals surface area contributed by atoms with E-state index in [1.807, 2.05) is 17.0 Å². The molecule has 2 atom stereocenters. The number of carboxylic acid groups (broad SMARTS) is 1. The maximum absolute atomic E-state index is 13.5. The summed E-state index contributed by atoms with van der Waals surface area (Å²) in [5, 5.41) is 20.4. The van der Waals surface area contributed by atoms with Crippen LogP contribution in [0.25, 0.3) is 0 Å². The largest absolute Gasteiger partial charge is 0.481 e. The monoisotopic (exact) mass is 344 g/mol. The highest BCUT2D eigenvalue weighted by molar-refractivity contribution is 5.76. The molecule has 6 heteroatoms. The molecule has 2 aromatic rings. The number of pyridine rings is 1. The average Bonchev–Trinajstić information content (AvgIpc) is 2.59. The molecular formula is C19H21FN2O3. The van der Waals surface area contributed by atoms with Crippen molar-refractivity contribution in [3.8, 4) is 0 Å². The fraction of sp³-hybridized carbons (Fsp3) is 0.368. The molecule has 1 aromatic heterocycles. The van der Waals surface area contributed by atoms with E-state index in [-0.39, 0.29) is 13.0 Å². The van der Waals surface area contributed by atoms with Gasteiger partial charge in [-0.1, -0.05) is 12.1 Å². The predicted molar refractivity (Wildman–Crippen MR) is 90.3 cm³/mol. The Morgan fingerprint density at radius 1 is 1.28 bits per heavy atom. The Hall–Kier alpha value is -2.31. The Balaban J connectivity index is 1.83. The van der Waals surface area contributed by atoms with E-state index >= 15 is 0 Å². The summed E-state index contributed by atoms with van der Waals surface area (Å²) in [7, 11) is 0. The van der Waals surface area contributed by atoms with E-state index in [2.05, 4.69) is 4.98 Å². The average molecular weight is 344 g/mol. The quantitative estimate of drug-likeness (QED) is 0.869. The van der Waals surface area contributed by atoms with Gasteiger partial charge in [0.25, 0.3) is 0 Å². The molecule has 0 spiro atoms. The van der Waals surface area contributed by atoms with Crippen molar-refractivity contribution in [2.24, 2.45) is 5.41 Å². The number of aromatic nitrogens is 1. The maximum Gasteiger partial charge on any atom is 0.313 e. The molecule has 132 valence electrons. The number of piperidine rings is 1. The van der Waals surface area contributed by atoms with Crippen LogP contribution >= 0.6 is 0 Å². The normalized spacial score (nSPS) is 24.2. The Kier molecular flexibility index (Phi) is 5.11. The second kappa shape index (κ2) is 7.29. The SMILES string of the molecule is O=C(O)[C@]1(Cc2cccc(F)c2)CN(Cc2ccncc2)CC[C@H]1O. The van der Waals surface area contributed by atoms with Crippen molar-refractivity contribution < 1.29 is 19.4 Å². The van der Waals surface area contributed by atoms with E-state index in [4.69, 9.17) is 0 Å². The van der Waals surface area contributed by atoms with Crippen LogP contribution in [-0.4, -0.2) is 45.3 Å². The van der Waals surface area contributed by atoms with Crippen molar-refractivity contribution in [1.29, 1.82) is 0 Å². The molecule has 5 nitrogen and oxygen atoms in total. The first kappa shape index (κ1) is 17.5. The van der Waals surface area contributed by atoms with Gasteiger partial charge in [-0.05, 0) is 48.2 Å². The maximum atomic E-state index is 13.5. The Labute approximate surface area is 145 Å². The zero-order chi connectivity index (χ0) is 17.9. The van der Waals surface area contributed by atoms with Crippen molar-refractivity contribution >= 4 is 5.97 Å². The summed E-state index contributed by atoms with van der Waals surface area (Å²) < 4.78 is 13.5. The third kappa shape index (κ3) is 3.86. The highest BCUT2D eigenvalue weighted by Gasteiger charge is 2.49. The number of carbonyl (C=O) groups is 1. The van der Waals surface area contributed by atoms with Crippen LogP contribution in [0.5, 0.6) is 0 Å². The number of likely N-dealkylation sites (tertiary alicyclic amines) is 1. The molecule has 1 aliphatic rings. The highest BCUT2D eigenvalue weighted by Crippen LogP contribution is 2.35. The van der Waals surface area contributed by atoms with Crippen LogP contribution < -0.4 is 0 Å². The Morgan fingerprint density at radius 3 is 2.72 bits per heavy atom. The summed E-state index contributed by atoms with van der Waals surface area (Å²) in [5.41, 5.74) is 0.266. The number of halogens is 1. The van der Waals surface area contributed by atoms with Crippen LogP contribution in [0.3, 0.4) is 0 Å². The zero-order valence-electron chi connectivity index (χ0n) is 13.8. The van der Waals surface area contributed by atoms with Gasteiger partial charge in [0.15, 0.2) is 0 Å². The molecule has 1 aromatic carbocycles. The van der Waals surface area contributed by atoms with Gasteiger partial charge in [-0.3, -0.25) is 14.7 Å². The lowest BCUT2D eigenvalue weighted by atomic mass is 9.72. The first-order valence-corrected chi connectivity index (χ1v) is 8.27. The number of benzene rings is 1. The highest BCUT2D eigenvalue weighted by atomic mass is 19.1. The van der Waals surface area contributed by atoms with Crippen LogP contribution in [0.2, 0.25) is 0 Å². The molecule has 0 unspecified atom stereocenters. The lowest BCUT2D eigenvalue weighted by Gasteiger charge is -2.43. The third-order valence-corrected chi connectivity index (χ3v) is 4.85. The topological polar surface area (TPSA) is 73.7 Å². The van der Waals surface area contributed by atoms with Crippen molar-refractivity contribution in [3.05, 3.63) is 65.7 Å². The molecule has 2 N–H and O–H groups in total. The second-order valence-electron chi connectivity index (χ2n) is 6.64. The van der Waals surface area contributed by atoms with Gasteiger partial charge in [0.2, 0.25) is 0 Å². The second-order valence-corrected chi connectivity index (χ2v) is 6.64. The molecule has 25 heavy (non-hydrogen) atoms. The van der Waals surface area contributed by atoms with E-state index < -0.39 is 23.3 Å². The molecular weight excluding hydrogens is 323 g/mol. The summed E-state index contributed by atoms with van der Waals surface area (Å²) in [4.78, 5) is 18.1. The minimum absolute atomic E-state index is 0.0914. The molecule has 0 aliphatic carbocycles.